The number of pyridine rings is 1. The van der Waals surface area contributed by atoms with E-state index in [-0.39, 0.29) is 11.4 Å². The van der Waals surface area contributed by atoms with Crippen LogP contribution in [-0.4, -0.2) is 22.8 Å². The van der Waals surface area contributed by atoms with Crippen LogP contribution in [0, 0.1) is 17.6 Å². The average molecular weight is 465 g/mol. The molecule has 8 heteroatoms. The number of amides is 2. The summed E-state index contributed by atoms with van der Waals surface area (Å²) in [6.07, 6.45) is 7.22. The fourth-order valence-corrected chi connectivity index (χ4v) is 4.21. The van der Waals surface area contributed by atoms with E-state index in [2.05, 4.69) is 20.9 Å². The van der Waals surface area contributed by atoms with Gasteiger partial charge in [0.25, 0.3) is 5.91 Å². The van der Waals surface area contributed by atoms with Gasteiger partial charge >= 0.3 is 0 Å². The number of hydrogen-bond acceptors (Lipinski definition) is 4. The lowest BCUT2D eigenvalue weighted by Crippen LogP contribution is -2.45. The van der Waals surface area contributed by atoms with Crippen molar-refractivity contribution in [3.8, 4) is 0 Å². The van der Waals surface area contributed by atoms with Crippen molar-refractivity contribution in [3.63, 3.8) is 0 Å². The van der Waals surface area contributed by atoms with Gasteiger partial charge in [0.1, 0.15) is 11.9 Å². The van der Waals surface area contributed by atoms with Crippen LogP contribution in [0.5, 0.6) is 0 Å². The Balaban J connectivity index is 1.49. The summed E-state index contributed by atoms with van der Waals surface area (Å²) in [6.45, 7) is 0. The van der Waals surface area contributed by atoms with Crippen molar-refractivity contribution in [2.75, 3.05) is 10.6 Å². The molecule has 1 heterocycles. The van der Waals surface area contributed by atoms with E-state index in [1.54, 1.807) is 36.4 Å². The lowest BCUT2D eigenvalue weighted by atomic mass is 9.97. The highest BCUT2D eigenvalue weighted by Crippen LogP contribution is 2.29. The summed E-state index contributed by atoms with van der Waals surface area (Å²) in [5.74, 6) is -1.63. The second kappa shape index (κ2) is 10.9. The molecule has 1 aromatic heterocycles. The number of benzene rings is 2. The number of rotatable bonds is 8. The van der Waals surface area contributed by atoms with Gasteiger partial charge in [0, 0.05) is 17.4 Å². The van der Waals surface area contributed by atoms with E-state index >= 15 is 0 Å². The molecule has 6 nitrogen and oxygen atoms in total. The molecule has 4 rings (SSSR count). The van der Waals surface area contributed by atoms with E-state index < -0.39 is 29.5 Å². The van der Waals surface area contributed by atoms with Crippen molar-refractivity contribution in [2.45, 2.75) is 38.1 Å². The highest BCUT2D eigenvalue weighted by molar-refractivity contribution is 6.01. The molecule has 3 aromatic rings. The predicted octanol–water partition coefficient (Wildman–Crippen LogP) is 5.42. The van der Waals surface area contributed by atoms with E-state index in [0.717, 1.165) is 31.9 Å². The molecule has 0 radical (unpaired) electrons. The minimum absolute atomic E-state index is 0.0729. The lowest BCUT2D eigenvalue weighted by Gasteiger charge is -2.22. The van der Waals surface area contributed by atoms with Crippen molar-refractivity contribution >= 4 is 28.9 Å². The lowest BCUT2D eigenvalue weighted by molar-refractivity contribution is -0.118. The number of carbonyl (C=O) groups is 2. The second-order valence-corrected chi connectivity index (χ2v) is 8.44. The van der Waals surface area contributed by atoms with Crippen LogP contribution in [0.2, 0.25) is 0 Å². The van der Waals surface area contributed by atoms with Crippen LogP contribution >= 0.6 is 0 Å². The SMILES string of the molecule is O=C(NC(CC1CCCC1)C(=O)Nc1ccccc1F)c1cccc(Nc2ccncc2F)c1. The van der Waals surface area contributed by atoms with Gasteiger partial charge < -0.3 is 16.0 Å². The Bertz CT molecular complexity index is 1160. The van der Waals surface area contributed by atoms with Crippen molar-refractivity contribution in [1.29, 1.82) is 0 Å². The highest BCUT2D eigenvalue weighted by atomic mass is 19.1. The second-order valence-electron chi connectivity index (χ2n) is 8.44. The first-order chi connectivity index (χ1) is 16.5. The Labute approximate surface area is 196 Å². The molecule has 1 saturated carbocycles. The van der Waals surface area contributed by atoms with Crippen LogP contribution in [0.4, 0.5) is 25.8 Å². The third kappa shape index (κ3) is 5.95. The Kier molecular flexibility index (Phi) is 7.47. The molecule has 1 aliphatic rings. The standard InChI is InChI=1S/C26H26F2N4O2/c27-20-10-3-4-11-22(20)31-26(34)24(14-17-6-1-2-7-17)32-25(33)18-8-5-9-19(15-18)30-23-12-13-29-16-21(23)28/h3-5,8-13,15-17,24H,1-2,6-7,14H2,(H,29,30)(H,31,34)(H,32,33). The Morgan fingerprint density at radius 2 is 1.76 bits per heavy atom. The minimum Gasteiger partial charge on any atom is -0.353 e. The molecular formula is C26H26F2N4O2. The highest BCUT2D eigenvalue weighted by Gasteiger charge is 2.27. The first kappa shape index (κ1) is 23.4. The van der Waals surface area contributed by atoms with Crippen LogP contribution < -0.4 is 16.0 Å². The van der Waals surface area contributed by atoms with E-state index in [9.17, 15) is 18.4 Å². The van der Waals surface area contributed by atoms with E-state index in [0.29, 0.717) is 23.6 Å². The fourth-order valence-electron chi connectivity index (χ4n) is 4.21. The number of nitrogens with zero attached hydrogens (tertiary/aromatic N) is 1. The van der Waals surface area contributed by atoms with E-state index in [4.69, 9.17) is 0 Å². The number of para-hydroxylation sites is 1. The molecule has 2 aromatic carbocycles. The van der Waals surface area contributed by atoms with Crippen molar-refractivity contribution in [2.24, 2.45) is 5.92 Å². The Morgan fingerprint density at radius 3 is 2.53 bits per heavy atom. The number of carbonyl (C=O) groups excluding carboxylic acids is 2. The number of aromatic nitrogens is 1. The summed E-state index contributed by atoms with van der Waals surface area (Å²) in [6, 6.07) is 13.2. The quantitative estimate of drug-likeness (QED) is 0.416. The topological polar surface area (TPSA) is 83.1 Å². The van der Waals surface area contributed by atoms with Gasteiger partial charge in [-0.05, 0) is 48.7 Å². The van der Waals surface area contributed by atoms with Gasteiger partial charge in [-0.3, -0.25) is 14.6 Å². The van der Waals surface area contributed by atoms with Crippen molar-refractivity contribution in [3.05, 3.63) is 84.2 Å². The summed E-state index contributed by atoms with van der Waals surface area (Å²) in [4.78, 5) is 29.8. The predicted molar refractivity (Wildman–Crippen MR) is 127 cm³/mol. The number of halogens is 2. The molecule has 3 N–H and O–H groups in total. The third-order valence-corrected chi connectivity index (χ3v) is 5.97. The molecule has 0 aliphatic heterocycles. The Hall–Kier alpha value is -3.81. The van der Waals surface area contributed by atoms with E-state index in [1.807, 2.05) is 0 Å². The van der Waals surface area contributed by atoms with Gasteiger partial charge in [-0.15, -0.1) is 0 Å². The van der Waals surface area contributed by atoms with E-state index in [1.165, 1.54) is 24.4 Å². The van der Waals surface area contributed by atoms with Crippen LogP contribution in [0.3, 0.4) is 0 Å². The first-order valence-electron chi connectivity index (χ1n) is 11.3. The Morgan fingerprint density at radius 1 is 0.971 bits per heavy atom. The summed E-state index contributed by atoms with van der Waals surface area (Å²) in [5, 5.41) is 8.34. The molecule has 0 bridgehead atoms. The van der Waals surface area contributed by atoms with Crippen molar-refractivity contribution < 1.29 is 18.4 Å². The van der Waals surface area contributed by atoms with Gasteiger partial charge in [-0.2, -0.15) is 0 Å². The zero-order valence-electron chi connectivity index (χ0n) is 18.6. The van der Waals surface area contributed by atoms with Gasteiger partial charge in [-0.1, -0.05) is 43.9 Å². The maximum absolute atomic E-state index is 14.1. The summed E-state index contributed by atoms with van der Waals surface area (Å²) < 4.78 is 28.0. The molecule has 1 unspecified atom stereocenters. The van der Waals surface area contributed by atoms with Gasteiger partial charge in [0.15, 0.2) is 5.82 Å². The number of nitrogens with one attached hydrogen (secondary N) is 3. The smallest absolute Gasteiger partial charge is 0.252 e. The summed E-state index contributed by atoms with van der Waals surface area (Å²) in [7, 11) is 0. The monoisotopic (exact) mass is 464 g/mol. The maximum Gasteiger partial charge on any atom is 0.252 e. The fraction of sp³-hybridized carbons (Fsp3) is 0.269. The normalized spacial score (nSPS) is 14.4. The molecule has 1 fully saturated rings. The molecule has 0 spiro atoms. The molecular weight excluding hydrogens is 438 g/mol. The van der Waals surface area contributed by atoms with Crippen LogP contribution in [0.15, 0.2) is 67.0 Å². The molecule has 0 saturated heterocycles. The molecule has 34 heavy (non-hydrogen) atoms. The van der Waals surface area contributed by atoms with Gasteiger partial charge in [0.05, 0.1) is 17.6 Å². The molecule has 1 atom stereocenters. The van der Waals surface area contributed by atoms with Crippen LogP contribution in [-0.2, 0) is 4.79 Å². The zero-order valence-corrected chi connectivity index (χ0v) is 18.6. The molecule has 2 amide bonds. The number of hydrogen-bond donors (Lipinski definition) is 3. The van der Waals surface area contributed by atoms with Gasteiger partial charge in [-0.25, -0.2) is 8.78 Å². The number of anilines is 3. The van der Waals surface area contributed by atoms with Crippen LogP contribution in [0.25, 0.3) is 0 Å². The minimum atomic E-state index is -0.815. The molecule has 176 valence electrons. The maximum atomic E-state index is 14.1. The van der Waals surface area contributed by atoms with Gasteiger partial charge in [0.2, 0.25) is 5.91 Å². The third-order valence-electron chi connectivity index (χ3n) is 5.97. The first-order valence-corrected chi connectivity index (χ1v) is 11.3. The average Bonchev–Trinajstić information content (AvgIpc) is 3.35. The summed E-state index contributed by atoms with van der Waals surface area (Å²) in [5.41, 5.74) is 1.13. The van der Waals surface area contributed by atoms with Crippen molar-refractivity contribution in [1.82, 2.24) is 10.3 Å². The largest absolute Gasteiger partial charge is 0.353 e. The zero-order chi connectivity index (χ0) is 23.9. The molecule has 1 aliphatic carbocycles. The van der Waals surface area contributed by atoms with Crippen LogP contribution in [0.1, 0.15) is 42.5 Å². The summed E-state index contributed by atoms with van der Waals surface area (Å²) >= 11 is 0.